The molecule has 0 spiro atoms. The Morgan fingerprint density at radius 1 is 0.581 bits per heavy atom. The molecule has 5 rings (SSSR count). The van der Waals surface area contributed by atoms with Crippen LogP contribution in [0.25, 0.3) is 0 Å². The van der Waals surface area contributed by atoms with E-state index in [1.54, 1.807) is 24.3 Å². The van der Waals surface area contributed by atoms with Crippen molar-refractivity contribution in [2.75, 3.05) is 6.61 Å². The summed E-state index contributed by atoms with van der Waals surface area (Å²) in [6.45, 7) is 0.975. The van der Waals surface area contributed by atoms with E-state index in [9.17, 15) is 8.42 Å². The van der Waals surface area contributed by atoms with Crippen LogP contribution in [0.3, 0.4) is 0 Å². The van der Waals surface area contributed by atoms with Crippen LogP contribution in [0.2, 0.25) is 0 Å². The standard InChI is InChI=1S/C34H35BrO7S/c35-34-33(40-23-28-17-9-3-10-18-28)32(42-43(36,37)25-29-19-11-4-12-20-29)31(39-22-27-15-7-2-8-16-27)30(41-34)24-38-21-26-13-5-1-6-14-26/h1-20,30-34H,21-25H2/t30-,31-,32+,33+,34+/m1/s1. The Morgan fingerprint density at radius 2 is 1.02 bits per heavy atom. The molecule has 0 aromatic heterocycles. The van der Waals surface area contributed by atoms with Gasteiger partial charge in [0.05, 0.1) is 26.4 Å². The lowest BCUT2D eigenvalue weighted by Gasteiger charge is -2.44. The highest BCUT2D eigenvalue weighted by molar-refractivity contribution is 9.09. The van der Waals surface area contributed by atoms with Crippen LogP contribution in [0.4, 0.5) is 0 Å². The molecular formula is C34H35BrO7S. The summed E-state index contributed by atoms with van der Waals surface area (Å²) < 4.78 is 58.2. The normalized spacial score (nSPS) is 22.3. The average molecular weight is 668 g/mol. The minimum atomic E-state index is -4.05. The second-order valence-corrected chi connectivity index (χ2v) is 12.8. The van der Waals surface area contributed by atoms with Crippen molar-refractivity contribution < 1.29 is 31.5 Å². The van der Waals surface area contributed by atoms with Gasteiger partial charge in [-0.1, -0.05) is 137 Å². The van der Waals surface area contributed by atoms with Crippen LogP contribution in [0.1, 0.15) is 22.3 Å². The molecule has 5 atom stereocenters. The lowest BCUT2D eigenvalue weighted by molar-refractivity contribution is -0.232. The van der Waals surface area contributed by atoms with E-state index in [0.717, 1.165) is 16.7 Å². The Bertz CT molecular complexity index is 1470. The summed E-state index contributed by atoms with van der Waals surface area (Å²) in [5.41, 5.74) is 3.50. The van der Waals surface area contributed by atoms with Crippen molar-refractivity contribution in [1.29, 1.82) is 0 Å². The fourth-order valence-electron chi connectivity index (χ4n) is 4.87. The van der Waals surface area contributed by atoms with Crippen LogP contribution >= 0.6 is 15.9 Å². The van der Waals surface area contributed by atoms with Crippen LogP contribution in [-0.4, -0.2) is 44.5 Å². The van der Waals surface area contributed by atoms with Crippen molar-refractivity contribution in [3.8, 4) is 0 Å². The zero-order valence-corrected chi connectivity index (χ0v) is 26.0. The first-order valence-corrected chi connectivity index (χ1v) is 16.6. The lowest BCUT2D eigenvalue weighted by atomic mass is 9.99. The molecule has 0 unspecified atom stereocenters. The van der Waals surface area contributed by atoms with E-state index in [4.69, 9.17) is 23.1 Å². The quantitative estimate of drug-likeness (QED) is 0.114. The number of benzene rings is 4. The van der Waals surface area contributed by atoms with E-state index < -0.39 is 39.5 Å². The minimum Gasteiger partial charge on any atom is -0.374 e. The number of rotatable bonds is 14. The second-order valence-electron chi connectivity index (χ2n) is 10.3. The molecule has 43 heavy (non-hydrogen) atoms. The van der Waals surface area contributed by atoms with Gasteiger partial charge in [-0.3, -0.25) is 4.18 Å². The maximum Gasteiger partial charge on any atom is 0.271 e. The number of hydrogen-bond donors (Lipinski definition) is 0. The van der Waals surface area contributed by atoms with E-state index in [2.05, 4.69) is 15.9 Å². The summed E-state index contributed by atoms with van der Waals surface area (Å²) in [7, 11) is -4.05. The molecular weight excluding hydrogens is 632 g/mol. The predicted octanol–water partition coefficient (Wildman–Crippen LogP) is 6.41. The molecule has 226 valence electrons. The summed E-state index contributed by atoms with van der Waals surface area (Å²) in [6.07, 6.45) is -3.30. The molecule has 0 radical (unpaired) electrons. The first kappa shape index (κ1) is 31.5. The molecule has 9 heteroatoms. The number of halogens is 1. The van der Waals surface area contributed by atoms with Gasteiger partial charge in [-0.15, -0.1) is 0 Å². The van der Waals surface area contributed by atoms with E-state index in [1.807, 2.05) is 97.1 Å². The van der Waals surface area contributed by atoms with Gasteiger partial charge in [0.15, 0.2) is 0 Å². The summed E-state index contributed by atoms with van der Waals surface area (Å²) in [5, 5.41) is -0.685. The molecule has 0 saturated carbocycles. The van der Waals surface area contributed by atoms with Gasteiger partial charge < -0.3 is 18.9 Å². The molecule has 1 heterocycles. The molecule has 4 aromatic carbocycles. The van der Waals surface area contributed by atoms with Gasteiger partial charge in [0.2, 0.25) is 0 Å². The van der Waals surface area contributed by atoms with Gasteiger partial charge in [-0.2, -0.15) is 8.42 Å². The third-order valence-electron chi connectivity index (χ3n) is 6.99. The topological polar surface area (TPSA) is 80.3 Å². The first-order valence-electron chi connectivity index (χ1n) is 14.1. The van der Waals surface area contributed by atoms with Crippen LogP contribution < -0.4 is 0 Å². The molecule has 4 aromatic rings. The Hall–Kier alpha value is -2.89. The van der Waals surface area contributed by atoms with E-state index in [1.165, 1.54) is 0 Å². The Balaban J connectivity index is 1.41. The number of hydrogen-bond acceptors (Lipinski definition) is 7. The molecule has 1 fully saturated rings. The molecule has 0 N–H and O–H groups in total. The van der Waals surface area contributed by atoms with Crippen molar-refractivity contribution in [2.45, 2.75) is 55.0 Å². The van der Waals surface area contributed by atoms with E-state index in [-0.39, 0.29) is 25.6 Å². The summed E-state index contributed by atoms with van der Waals surface area (Å²) in [4.78, 5) is 0. The first-order chi connectivity index (χ1) is 21.0. The highest BCUT2D eigenvalue weighted by Crippen LogP contribution is 2.34. The van der Waals surface area contributed by atoms with Crippen molar-refractivity contribution in [3.63, 3.8) is 0 Å². The monoisotopic (exact) mass is 666 g/mol. The third kappa shape index (κ3) is 9.55. The maximum absolute atomic E-state index is 13.5. The Morgan fingerprint density at radius 3 is 1.53 bits per heavy atom. The van der Waals surface area contributed by atoms with Crippen LogP contribution in [0.15, 0.2) is 121 Å². The summed E-state index contributed by atoms with van der Waals surface area (Å²) in [6, 6.07) is 38.1. The molecule has 0 bridgehead atoms. The van der Waals surface area contributed by atoms with Gasteiger partial charge in [0, 0.05) is 0 Å². The molecule has 1 saturated heterocycles. The largest absolute Gasteiger partial charge is 0.374 e. The second kappa shape index (κ2) is 15.7. The van der Waals surface area contributed by atoms with Crippen molar-refractivity contribution in [1.82, 2.24) is 0 Å². The summed E-state index contributed by atoms with van der Waals surface area (Å²) >= 11 is 3.61. The van der Waals surface area contributed by atoms with Crippen LogP contribution in [0.5, 0.6) is 0 Å². The smallest absolute Gasteiger partial charge is 0.271 e. The van der Waals surface area contributed by atoms with E-state index >= 15 is 0 Å². The van der Waals surface area contributed by atoms with Crippen LogP contribution in [-0.2, 0) is 58.8 Å². The van der Waals surface area contributed by atoms with Gasteiger partial charge in [0.25, 0.3) is 10.1 Å². The number of ether oxygens (including phenoxy) is 4. The van der Waals surface area contributed by atoms with Crippen LogP contribution in [0, 0.1) is 0 Å². The van der Waals surface area contributed by atoms with Crippen molar-refractivity contribution in [3.05, 3.63) is 144 Å². The van der Waals surface area contributed by atoms with Crippen molar-refractivity contribution in [2.24, 2.45) is 0 Å². The van der Waals surface area contributed by atoms with Gasteiger partial charge in [-0.25, -0.2) is 0 Å². The van der Waals surface area contributed by atoms with Gasteiger partial charge in [0.1, 0.15) is 35.2 Å². The van der Waals surface area contributed by atoms with Gasteiger partial charge >= 0.3 is 0 Å². The maximum atomic E-state index is 13.5. The Labute approximate surface area is 262 Å². The molecule has 1 aliphatic rings. The predicted molar refractivity (Wildman–Crippen MR) is 168 cm³/mol. The van der Waals surface area contributed by atoms with Gasteiger partial charge in [-0.05, 0) is 22.3 Å². The summed E-state index contributed by atoms with van der Waals surface area (Å²) in [5.74, 6) is -0.288. The highest BCUT2D eigenvalue weighted by Gasteiger charge is 2.49. The third-order valence-corrected chi connectivity index (χ3v) is 8.92. The Kier molecular flexibility index (Phi) is 11.5. The molecule has 0 aliphatic carbocycles. The minimum absolute atomic E-state index is 0.153. The average Bonchev–Trinajstić information content (AvgIpc) is 3.02. The zero-order chi connectivity index (χ0) is 29.9. The SMILES string of the molecule is O=S(=O)(Cc1ccccc1)O[C@@H]1[C@H](OCc2ccccc2)[C@@H](Br)O[C@H](COCc2ccccc2)[C@H]1OCc1ccccc1. The van der Waals surface area contributed by atoms with E-state index in [0.29, 0.717) is 12.2 Å². The fraction of sp³-hybridized carbons (Fsp3) is 0.294. The zero-order valence-electron chi connectivity index (χ0n) is 23.6. The lowest BCUT2D eigenvalue weighted by Crippen LogP contribution is -2.60. The molecule has 1 aliphatic heterocycles. The fourth-order valence-corrected chi connectivity index (χ4v) is 6.82. The molecule has 0 amide bonds. The van der Waals surface area contributed by atoms with Crippen molar-refractivity contribution >= 4 is 26.0 Å². The highest BCUT2D eigenvalue weighted by atomic mass is 79.9. The number of alkyl halides is 1. The molecule has 7 nitrogen and oxygen atoms in total.